The van der Waals surface area contributed by atoms with Gasteiger partial charge < -0.3 is 59.5 Å². The van der Waals surface area contributed by atoms with E-state index in [1.807, 2.05) is 0 Å². The fourth-order valence-electron chi connectivity index (χ4n) is 7.07. The number of ether oxygens (including phenoxy) is 7. The van der Waals surface area contributed by atoms with Crippen molar-refractivity contribution in [2.24, 2.45) is 11.7 Å². The lowest BCUT2D eigenvalue weighted by Gasteiger charge is -2.47. The molecule has 0 aliphatic carbocycles. The van der Waals surface area contributed by atoms with E-state index in [1.54, 1.807) is 45.1 Å². The van der Waals surface area contributed by atoms with E-state index in [0.29, 0.717) is 16.7 Å². The number of anilines is 1. The molecule has 1 aromatic carbocycles. The van der Waals surface area contributed by atoms with Crippen LogP contribution in [0.15, 0.2) is 47.6 Å². The molecule has 4 bridgehead atoms. The van der Waals surface area contributed by atoms with Gasteiger partial charge in [-0.2, -0.15) is 0 Å². The molecule has 1 aromatic rings. The quantitative estimate of drug-likeness (QED) is 0.131. The summed E-state index contributed by atoms with van der Waals surface area (Å²) in [7, 11) is 3.88. The lowest BCUT2D eigenvalue weighted by Crippen LogP contribution is -2.66. The second kappa shape index (κ2) is 19.7. The van der Waals surface area contributed by atoms with Crippen LogP contribution < -0.4 is 21.3 Å². The van der Waals surface area contributed by atoms with Crippen LogP contribution in [0.25, 0.3) is 0 Å². The van der Waals surface area contributed by atoms with Crippen molar-refractivity contribution < 1.29 is 72.5 Å². The minimum Gasteiger partial charge on any atom is -0.506 e. The number of phenols is 1. The zero-order valence-corrected chi connectivity index (χ0v) is 33.9. The van der Waals surface area contributed by atoms with Crippen LogP contribution in [0.3, 0.4) is 0 Å². The maximum atomic E-state index is 14.9. The maximum absolute atomic E-state index is 14.9. The highest BCUT2D eigenvalue weighted by Gasteiger charge is 2.52. The van der Waals surface area contributed by atoms with Crippen molar-refractivity contribution >= 4 is 47.4 Å². The third-order valence-electron chi connectivity index (χ3n) is 9.88. The molecule has 320 valence electrons. The monoisotopic (exact) mass is 838 g/mol. The standard InChI is InChI=1S/C38H51ClN4O15/c1-18-9-8-10-28(52-6)38(51)16-26(57-37(50)42-38)20(3)12-19(2)25(56-36(49)41-5)15-29(46)43(23-13-22(11-18)14-24(45)30(23)39)34-31(47)33(53-7)32(58-35(40)48)27(55-34)17-54-21(4)44/h8-10,12-14,20,25-28,31-34,45,47,51H,11,15-17H2,1-7H3,(H2,40,48)(H,41,49)(H,42,50)/b10-8+,18-9+,19-12+/t20-,25-,26-,27+,28+,31+,32+,33+,34+,38-/m0/s1. The topological polar surface area (TPSA) is 264 Å². The van der Waals surface area contributed by atoms with Crippen molar-refractivity contribution in [1.29, 1.82) is 0 Å². The molecule has 3 heterocycles. The van der Waals surface area contributed by atoms with Crippen LogP contribution in [0.2, 0.25) is 5.02 Å². The van der Waals surface area contributed by atoms with Gasteiger partial charge in [-0.15, -0.1) is 0 Å². The Balaban J connectivity index is 1.95. The van der Waals surface area contributed by atoms with Gasteiger partial charge in [0.15, 0.2) is 18.1 Å². The van der Waals surface area contributed by atoms with Crippen LogP contribution in [0.4, 0.5) is 20.1 Å². The number of carbonyl (C=O) groups is 5. The van der Waals surface area contributed by atoms with E-state index < -0.39 is 110 Å². The molecule has 2 fully saturated rings. The second-order valence-electron chi connectivity index (χ2n) is 14.2. The summed E-state index contributed by atoms with van der Waals surface area (Å²) in [5, 5.41) is 39.1. The van der Waals surface area contributed by atoms with Crippen molar-refractivity contribution in [3.63, 3.8) is 0 Å². The molecule has 0 aromatic heterocycles. The van der Waals surface area contributed by atoms with Crippen molar-refractivity contribution in [2.75, 3.05) is 32.8 Å². The van der Waals surface area contributed by atoms with Crippen LogP contribution in [0.5, 0.6) is 5.75 Å². The zero-order chi connectivity index (χ0) is 43.1. The van der Waals surface area contributed by atoms with Crippen LogP contribution in [-0.2, 0) is 49.2 Å². The number of nitrogens with two attached hydrogens (primary N) is 1. The van der Waals surface area contributed by atoms with E-state index in [4.69, 9.17) is 50.5 Å². The number of esters is 1. The molecule has 10 atom stereocenters. The summed E-state index contributed by atoms with van der Waals surface area (Å²) in [6.07, 6.45) is -8.27. The Hall–Kier alpha value is -4.92. The number of methoxy groups -OCH3 is 2. The number of aliphatic hydroxyl groups excluding tert-OH is 1. The number of allylic oxidation sites excluding steroid dienone is 3. The molecule has 0 unspecified atom stereocenters. The molecule has 7 N–H and O–H groups in total. The number of fused-ring (bicyclic) bond motifs is 4. The number of alkyl carbamates (subject to hydrolysis) is 2. The van der Waals surface area contributed by atoms with Crippen molar-refractivity contribution in [2.45, 2.75) is 102 Å². The number of nitrogens with zero attached hydrogens (tertiary/aromatic N) is 1. The second-order valence-corrected chi connectivity index (χ2v) is 14.6. The van der Waals surface area contributed by atoms with Gasteiger partial charge in [-0.1, -0.05) is 48.4 Å². The molecule has 4 rings (SSSR count). The number of amides is 4. The highest BCUT2D eigenvalue weighted by molar-refractivity contribution is 6.35. The third-order valence-corrected chi connectivity index (χ3v) is 10.3. The van der Waals surface area contributed by atoms with Gasteiger partial charge in [0, 0.05) is 40.5 Å². The van der Waals surface area contributed by atoms with Gasteiger partial charge in [-0.25, -0.2) is 14.4 Å². The molecule has 3 aliphatic heterocycles. The lowest BCUT2D eigenvalue weighted by molar-refractivity contribution is -0.236. The Morgan fingerprint density at radius 3 is 2.47 bits per heavy atom. The molecule has 3 aliphatic rings. The minimum atomic E-state index is -1.90. The van der Waals surface area contributed by atoms with Crippen LogP contribution in [-0.4, -0.2) is 128 Å². The zero-order valence-electron chi connectivity index (χ0n) is 33.1. The third kappa shape index (κ3) is 11.0. The molecule has 4 amide bonds. The van der Waals surface area contributed by atoms with Crippen molar-refractivity contribution in [3.05, 3.63) is 58.2 Å². The summed E-state index contributed by atoms with van der Waals surface area (Å²) in [4.78, 5) is 65.2. The molecular formula is C38H51ClN4O15. The van der Waals surface area contributed by atoms with E-state index in [2.05, 4.69) is 10.6 Å². The van der Waals surface area contributed by atoms with Crippen LogP contribution >= 0.6 is 11.6 Å². The van der Waals surface area contributed by atoms with Crippen molar-refractivity contribution in [3.8, 4) is 5.75 Å². The van der Waals surface area contributed by atoms with Gasteiger partial charge in [0.1, 0.15) is 54.0 Å². The Bertz CT molecular complexity index is 1810. The van der Waals surface area contributed by atoms with E-state index in [1.165, 1.54) is 33.4 Å². The Morgan fingerprint density at radius 2 is 1.84 bits per heavy atom. The number of carbonyl (C=O) groups excluding carboxylic acids is 5. The van der Waals surface area contributed by atoms with Gasteiger partial charge in [0.2, 0.25) is 5.91 Å². The molecule has 0 saturated carbocycles. The fraction of sp³-hybridized carbons (Fsp3) is 0.553. The number of rotatable bonds is 7. The van der Waals surface area contributed by atoms with Gasteiger partial charge >= 0.3 is 24.2 Å². The summed E-state index contributed by atoms with van der Waals surface area (Å²) in [6.45, 7) is 5.63. The average Bonchev–Trinajstić information content (AvgIpc) is 3.14. The summed E-state index contributed by atoms with van der Waals surface area (Å²) >= 11 is 6.74. The number of benzene rings is 1. The Morgan fingerprint density at radius 1 is 1.14 bits per heavy atom. The van der Waals surface area contributed by atoms with E-state index >= 15 is 0 Å². The Kier molecular flexibility index (Phi) is 15.5. The fourth-order valence-corrected chi connectivity index (χ4v) is 7.27. The minimum absolute atomic E-state index is 0.126. The first-order chi connectivity index (χ1) is 27.3. The molecule has 2 saturated heterocycles. The highest BCUT2D eigenvalue weighted by atomic mass is 35.5. The van der Waals surface area contributed by atoms with E-state index in [9.17, 15) is 39.3 Å². The van der Waals surface area contributed by atoms with Crippen LogP contribution in [0, 0.1) is 5.92 Å². The van der Waals surface area contributed by atoms with Gasteiger partial charge in [0.25, 0.3) is 0 Å². The molecule has 19 nitrogen and oxygen atoms in total. The number of primary amides is 1. The number of hydrogen-bond acceptors (Lipinski definition) is 15. The molecule has 0 radical (unpaired) electrons. The van der Waals surface area contributed by atoms with E-state index in [0.717, 1.165) is 11.8 Å². The smallest absolute Gasteiger partial charge is 0.409 e. The highest BCUT2D eigenvalue weighted by Crippen LogP contribution is 2.41. The van der Waals surface area contributed by atoms with Crippen molar-refractivity contribution in [1.82, 2.24) is 10.6 Å². The summed E-state index contributed by atoms with van der Waals surface area (Å²) in [6, 6.07) is 2.86. The molecule has 58 heavy (non-hydrogen) atoms. The number of aliphatic hydroxyl groups is 2. The number of hydrogen-bond donors (Lipinski definition) is 6. The lowest BCUT2D eigenvalue weighted by atomic mass is 9.89. The number of halogens is 1. The first-order valence-corrected chi connectivity index (χ1v) is 18.6. The SMILES string of the molecule is CNC(=O)O[C@H]1CC(=O)N([C@@H]2O[C@H](COC(C)=O)[C@@H](OC(N)=O)[C@H](OC)[C@H]2O)c2cc(cc(O)c2Cl)C/C(C)=C/C=C/[C@@H](OC)[C@@]2(O)C[C@H](OC(=O)N2)[C@@H](C)/C=C/1C. The Labute approximate surface area is 340 Å². The predicted octanol–water partition coefficient (Wildman–Crippen LogP) is 2.46. The molecule has 20 heteroatoms. The first kappa shape index (κ1) is 45.8. The van der Waals surface area contributed by atoms with E-state index in [-0.39, 0.29) is 23.6 Å². The van der Waals surface area contributed by atoms with Gasteiger partial charge in [-0.05, 0) is 43.5 Å². The maximum Gasteiger partial charge on any atom is 0.409 e. The largest absolute Gasteiger partial charge is 0.506 e. The van der Waals surface area contributed by atoms with Gasteiger partial charge in [-0.3, -0.25) is 19.8 Å². The van der Waals surface area contributed by atoms with Crippen LogP contribution in [0.1, 0.15) is 46.1 Å². The number of phenolic OH excluding ortho intramolecular Hbond substituents is 1. The number of aromatic hydroxyl groups is 1. The molecule has 0 spiro atoms. The molecular weight excluding hydrogens is 788 g/mol. The first-order valence-electron chi connectivity index (χ1n) is 18.3. The summed E-state index contributed by atoms with van der Waals surface area (Å²) in [5.41, 5.74) is 4.74. The normalized spacial score (nSPS) is 33.2. The summed E-state index contributed by atoms with van der Waals surface area (Å²) in [5.74, 6) is -2.68. The summed E-state index contributed by atoms with van der Waals surface area (Å²) < 4.78 is 39.0. The number of nitrogens with one attached hydrogen (secondary N) is 2. The average molecular weight is 839 g/mol. The predicted molar refractivity (Wildman–Crippen MR) is 204 cm³/mol. The van der Waals surface area contributed by atoms with Gasteiger partial charge in [0.05, 0.1) is 12.1 Å².